The number of hydrogen-bond donors (Lipinski definition) is 0. The molecule has 1 saturated heterocycles. The normalized spacial score (nSPS) is 17.0. The van der Waals surface area contributed by atoms with Crippen LogP contribution in [0.1, 0.15) is 5.76 Å². The van der Waals surface area contributed by atoms with E-state index >= 15 is 0 Å². The van der Waals surface area contributed by atoms with E-state index in [1.807, 2.05) is 30.3 Å². The predicted octanol–water partition coefficient (Wildman–Crippen LogP) is 3.63. The van der Waals surface area contributed by atoms with Gasteiger partial charge in [0.25, 0.3) is 5.91 Å². The Balaban J connectivity index is 1.93. The van der Waals surface area contributed by atoms with Crippen LogP contribution in [-0.4, -0.2) is 34.9 Å². The SMILES string of the molecule is CN1C(=O)/C(=C\c2ccc(-c3cccc(Cl)c3)o2)N(C)C1=S. The van der Waals surface area contributed by atoms with Crippen molar-refractivity contribution in [3.63, 3.8) is 0 Å². The molecule has 2 aromatic rings. The average Bonchev–Trinajstić information content (AvgIpc) is 3.04. The molecule has 0 radical (unpaired) electrons. The molecule has 4 nitrogen and oxygen atoms in total. The van der Waals surface area contributed by atoms with Gasteiger partial charge in [-0.2, -0.15) is 0 Å². The van der Waals surface area contributed by atoms with E-state index in [4.69, 9.17) is 28.2 Å². The van der Waals surface area contributed by atoms with E-state index in [1.54, 1.807) is 31.1 Å². The Hall–Kier alpha value is -2.11. The highest BCUT2D eigenvalue weighted by Gasteiger charge is 2.32. The number of rotatable bonds is 2. The first-order chi connectivity index (χ1) is 10.5. The maximum Gasteiger partial charge on any atom is 0.276 e. The highest BCUT2D eigenvalue weighted by Crippen LogP contribution is 2.27. The number of halogens is 1. The summed E-state index contributed by atoms with van der Waals surface area (Å²) in [6.45, 7) is 0. The molecular weight excluding hydrogens is 320 g/mol. The number of nitrogens with zero attached hydrogens (tertiary/aromatic N) is 2. The number of likely N-dealkylation sites (N-methyl/N-ethyl adjacent to an activating group) is 2. The van der Waals surface area contributed by atoms with E-state index < -0.39 is 0 Å². The molecule has 0 atom stereocenters. The topological polar surface area (TPSA) is 36.7 Å². The molecular formula is C16H13ClN2O2S. The Kier molecular flexibility index (Phi) is 3.76. The summed E-state index contributed by atoms with van der Waals surface area (Å²) in [7, 11) is 3.41. The number of benzene rings is 1. The fourth-order valence-electron chi connectivity index (χ4n) is 2.25. The fourth-order valence-corrected chi connectivity index (χ4v) is 2.62. The van der Waals surface area contributed by atoms with Gasteiger partial charge < -0.3 is 9.32 Å². The summed E-state index contributed by atoms with van der Waals surface area (Å²) in [5.74, 6) is 1.13. The summed E-state index contributed by atoms with van der Waals surface area (Å²) in [5, 5.41) is 1.12. The van der Waals surface area contributed by atoms with Crippen LogP contribution in [0.25, 0.3) is 17.4 Å². The second-order valence-electron chi connectivity index (χ2n) is 4.95. The smallest absolute Gasteiger partial charge is 0.276 e. The zero-order valence-corrected chi connectivity index (χ0v) is 13.6. The van der Waals surface area contributed by atoms with Crippen LogP contribution in [0.15, 0.2) is 46.5 Å². The quantitative estimate of drug-likeness (QED) is 0.621. The molecule has 0 unspecified atom stereocenters. The van der Waals surface area contributed by atoms with Crippen molar-refractivity contribution in [3.8, 4) is 11.3 Å². The van der Waals surface area contributed by atoms with E-state index in [1.165, 1.54) is 4.90 Å². The van der Waals surface area contributed by atoms with Gasteiger partial charge in [-0.25, -0.2) is 0 Å². The summed E-state index contributed by atoms with van der Waals surface area (Å²) in [6, 6.07) is 11.1. The summed E-state index contributed by atoms with van der Waals surface area (Å²) < 4.78 is 5.78. The summed E-state index contributed by atoms with van der Waals surface area (Å²) in [5.41, 5.74) is 1.37. The molecule has 22 heavy (non-hydrogen) atoms. The van der Waals surface area contributed by atoms with Crippen molar-refractivity contribution in [1.29, 1.82) is 0 Å². The number of thiocarbonyl (C=S) groups is 1. The van der Waals surface area contributed by atoms with Crippen molar-refractivity contribution >= 4 is 40.9 Å². The van der Waals surface area contributed by atoms with Crippen LogP contribution in [0.3, 0.4) is 0 Å². The van der Waals surface area contributed by atoms with Crippen molar-refractivity contribution in [2.45, 2.75) is 0 Å². The van der Waals surface area contributed by atoms with Gasteiger partial charge in [0.15, 0.2) is 5.11 Å². The number of amides is 1. The first kappa shape index (κ1) is 14.8. The Morgan fingerprint density at radius 2 is 1.95 bits per heavy atom. The maximum absolute atomic E-state index is 12.1. The third kappa shape index (κ3) is 2.53. The second kappa shape index (κ2) is 5.59. The lowest BCUT2D eigenvalue weighted by Gasteiger charge is -2.10. The maximum atomic E-state index is 12.1. The molecule has 112 valence electrons. The van der Waals surface area contributed by atoms with Gasteiger partial charge in [0, 0.05) is 30.8 Å². The fraction of sp³-hybridized carbons (Fsp3) is 0.125. The molecule has 1 aliphatic rings. The lowest BCUT2D eigenvalue weighted by Crippen LogP contribution is -2.26. The van der Waals surface area contributed by atoms with Crippen LogP contribution >= 0.6 is 23.8 Å². The van der Waals surface area contributed by atoms with E-state index in [9.17, 15) is 4.79 Å². The molecule has 1 amide bonds. The molecule has 0 spiro atoms. The third-order valence-corrected chi connectivity index (χ3v) is 4.26. The van der Waals surface area contributed by atoms with Gasteiger partial charge in [0.2, 0.25) is 0 Å². The van der Waals surface area contributed by atoms with Gasteiger partial charge in [-0.15, -0.1) is 0 Å². The molecule has 1 fully saturated rings. The summed E-state index contributed by atoms with van der Waals surface area (Å²) in [4.78, 5) is 15.2. The lowest BCUT2D eigenvalue weighted by molar-refractivity contribution is -0.121. The first-order valence-corrected chi connectivity index (χ1v) is 7.39. The monoisotopic (exact) mass is 332 g/mol. The van der Waals surface area contributed by atoms with Gasteiger partial charge >= 0.3 is 0 Å². The average molecular weight is 333 g/mol. The van der Waals surface area contributed by atoms with Crippen molar-refractivity contribution < 1.29 is 9.21 Å². The summed E-state index contributed by atoms with van der Waals surface area (Å²) in [6.07, 6.45) is 1.69. The Labute approximate surface area is 138 Å². The summed E-state index contributed by atoms with van der Waals surface area (Å²) >= 11 is 11.2. The zero-order valence-electron chi connectivity index (χ0n) is 12.0. The molecule has 2 heterocycles. The highest BCUT2D eigenvalue weighted by molar-refractivity contribution is 7.80. The zero-order chi connectivity index (χ0) is 15.9. The predicted molar refractivity (Wildman–Crippen MR) is 90.3 cm³/mol. The van der Waals surface area contributed by atoms with Crippen LogP contribution < -0.4 is 0 Å². The van der Waals surface area contributed by atoms with Crippen molar-refractivity contribution in [3.05, 3.63) is 52.9 Å². The highest BCUT2D eigenvalue weighted by atomic mass is 35.5. The molecule has 0 N–H and O–H groups in total. The minimum atomic E-state index is -0.145. The van der Waals surface area contributed by atoms with E-state index in [-0.39, 0.29) is 5.91 Å². The molecule has 1 aliphatic heterocycles. The third-order valence-electron chi connectivity index (χ3n) is 3.47. The largest absolute Gasteiger partial charge is 0.457 e. The van der Waals surface area contributed by atoms with Crippen LogP contribution in [0.2, 0.25) is 5.02 Å². The van der Waals surface area contributed by atoms with Gasteiger partial charge in [0.05, 0.1) is 0 Å². The van der Waals surface area contributed by atoms with Gasteiger partial charge in [-0.1, -0.05) is 23.7 Å². The Bertz CT molecular complexity index is 797. The second-order valence-corrected chi connectivity index (χ2v) is 5.75. The molecule has 6 heteroatoms. The minimum Gasteiger partial charge on any atom is -0.457 e. The van der Waals surface area contributed by atoms with Crippen LogP contribution in [0.5, 0.6) is 0 Å². The van der Waals surface area contributed by atoms with Crippen LogP contribution in [0, 0.1) is 0 Å². The van der Waals surface area contributed by atoms with Gasteiger partial charge in [0.1, 0.15) is 17.2 Å². The lowest BCUT2D eigenvalue weighted by atomic mass is 10.2. The van der Waals surface area contributed by atoms with E-state index in [0.717, 1.165) is 5.56 Å². The molecule has 0 aliphatic carbocycles. The Morgan fingerprint density at radius 3 is 2.59 bits per heavy atom. The van der Waals surface area contributed by atoms with E-state index in [0.29, 0.717) is 27.4 Å². The van der Waals surface area contributed by atoms with Gasteiger partial charge in [-0.3, -0.25) is 9.69 Å². The first-order valence-electron chi connectivity index (χ1n) is 6.60. The molecule has 0 bridgehead atoms. The van der Waals surface area contributed by atoms with Crippen LogP contribution in [0.4, 0.5) is 0 Å². The molecule has 3 rings (SSSR count). The van der Waals surface area contributed by atoms with E-state index in [2.05, 4.69) is 0 Å². The Morgan fingerprint density at radius 1 is 1.18 bits per heavy atom. The molecule has 0 saturated carbocycles. The van der Waals surface area contributed by atoms with Crippen molar-refractivity contribution in [2.75, 3.05) is 14.1 Å². The van der Waals surface area contributed by atoms with Crippen LogP contribution in [-0.2, 0) is 4.79 Å². The number of hydrogen-bond acceptors (Lipinski definition) is 3. The van der Waals surface area contributed by atoms with Crippen molar-refractivity contribution in [2.24, 2.45) is 0 Å². The number of carbonyl (C=O) groups is 1. The van der Waals surface area contributed by atoms with Crippen molar-refractivity contribution in [1.82, 2.24) is 9.80 Å². The van der Waals surface area contributed by atoms with Gasteiger partial charge in [-0.05, 0) is 36.5 Å². The minimum absolute atomic E-state index is 0.145. The number of carbonyl (C=O) groups excluding carboxylic acids is 1. The molecule has 1 aromatic heterocycles. The standard InChI is InChI=1S/C16H13ClN2O2S/c1-18-13(15(20)19(2)16(18)22)9-12-6-7-14(21-12)10-4-3-5-11(17)8-10/h3-9H,1-2H3/b13-9+. The molecule has 1 aromatic carbocycles. The number of furan rings is 1.